The van der Waals surface area contributed by atoms with Gasteiger partial charge in [0.05, 0.1) is 7.11 Å². The van der Waals surface area contributed by atoms with E-state index in [0.717, 1.165) is 12.8 Å². The average molecular weight is 365 g/mol. The third-order valence-electron chi connectivity index (χ3n) is 6.19. The zero-order valence-corrected chi connectivity index (χ0v) is 17.4. The molecule has 0 aliphatic heterocycles. The van der Waals surface area contributed by atoms with E-state index in [0.29, 0.717) is 6.42 Å². The normalized spacial score (nSPS) is 17.2. The fourth-order valence-corrected chi connectivity index (χ4v) is 4.15. The van der Waals surface area contributed by atoms with Crippen LogP contribution in [-0.2, 0) is 33.2 Å². The summed E-state index contributed by atoms with van der Waals surface area (Å²) in [6.45, 7) is 9.49. The van der Waals surface area contributed by atoms with Gasteiger partial charge in [0, 0.05) is 6.42 Å². The van der Waals surface area contributed by atoms with Crippen molar-refractivity contribution >= 4 is 5.97 Å². The van der Waals surface area contributed by atoms with E-state index < -0.39 is 0 Å². The largest absolute Gasteiger partial charge is 0.469 e. The molecular formula is C25H32O2. The van der Waals surface area contributed by atoms with Crippen LogP contribution in [-0.4, -0.2) is 13.1 Å². The van der Waals surface area contributed by atoms with Crippen LogP contribution in [0.4, 0.5) is 0 Å². The molecule has 3 rings (SSSR count). The maximum absolute atomic E-state index is 11.3. The molecule has 27 heavy (non-hydrogen) atoms. The van der Waals surface area contributed by atoms with Crippen molar-refractivity contribution < 1.29 is 9.53 Å². The number of carbonyl (C=O) groups excluding carboxylic acids is 1. The van der Waals surface area contributed by atoms with E-state index in [1.807, 2.05) is 0 Å². The summed E-state index contributed by atoms with van der Waals surface area (Å²) in [6, 6.07) is 15.7. The van der Waals surface area contributed by atoms with Crippen LogP contribution in [0.3, 0.4) is 0 Å². The van der Waals surface area contributed by atoms with Crippen LogP contribution in [0.2, 0.25) is 0 Å². The maximum Gasteiger partial charge on any atom is 0.305 e. The Hall–Kier alpha value is -2.09. The highest BCUT2D eigenvalue weighted by molar-refractivity contribution is 5.69. The molecule has 0 aromatic heterocycles. The summed E-state index contributed by atoms with van der Waals surface area (Å²) >= 11 is 0. The van der Waals surface area contributed by atoms with Gasteiger partial charge in [-0.15, -0.1) is 0 Å². The summed E-state index contributed by atoms with van der Waals surface area (Å²) in [7, 11) is 1.44. The zero-order valence-electron chi connectivity index (χ0n) is 17.4. The number of aryl methyl sites for hydroxylation is 1. The van der Waals surface area contributed by atoms with E-state index in [1.165, 1.54) is 47.8 Å². The van der Waals surface area contributed by atoms with Crippen LogP contribution in [0, 0.1) is 0 Å². The molecule has 2 heteroatoms. The quantitative estimate of drug-likeness (QED) is 0.633. The van der Waals surface area contributed by atoms with E-state index in [1.54, 1.807) is 0 Å². The highest BCUT2D eigenvalue weighted by Crippen LogP contribution is 2.46. The van der Waals surface area contributed by atoms with Gasteiger partial charge >= 0.3 is 5.97 Å². The summed E-state index contributed by atoms with van der Waals surface area (Å²) in [5, 5.41) is 0. The van der Waals surface area contributed by atoms with Crippen molar-refractivity contribution in [1.29, 1.82) is 0 Å². The number of methoxy groups -OCH3 is 1. The fraction of sp³-hybridized carbons (Fsp3) is 0.480. The third-order valence-corrected chi connectivity index (χ3v) is 6.19. The first kappa shape index (κ1) is 19.7. The Morgan fingerprint density at radius 2 is 1.41 bits per heavy atom. The lowest BCUT2D eigenvalue weighted by atomic mass is 9.63. The summed E-state index contributed by atoms with van der Waals surface area (Å²) in [5.41, 5.74) is 7.42. The van der Waals surface area contributed by atoms with E-state index in [9.17, 15) is 4.79 Å². The Morgan fingerprint density at radius 1 is 0.852 bits per heavy atom. The summed E-state index contributed by atoms with van der Waals surface area (Å²) in [4.78, 5) is 11.3. The topological polar surface area (TPSA) is 26.3 Å². The van der Waals surface area contributed by atoms with Gasteiger partial charge in [-0.25, -0.2) is 0 Å². The number of carbonyl (C=O) groups is 1. The van der Waals surface area contributed by atoms with Crippen LogP contribution in [0.5, 0.6) is 0 Å². The Morgan fingerprint density at radius 3 is 2.04 bits per heavy atom. The van der Waals surface area contributed by atoms with Crippen molar-refractivity contribution in [2.24, 2.45) is 0 Å². The van der Waals surface area contributed by atoms with Gasteiger partial charge in [0.2, 0.25) is 0 Å². The number of ether oxygens (including phenoxy) is 1. The van der Waals surface area contributed by atoms with Crippen molar-refractivity contribution in [3.63, 3.8) is 0 Å². The first-order chi connectivity index (χ1) is 12.7. The molecule has 0 heterocycles. The SMILES string of the molecule is COC(=O)CCc1ccc(Cc2ccc3c(c2)C(C)(C)CCC3(C)C)cc1. The van der Waals surface area contributed by atoms with Crippen LogP contribution in [0.25, 0.3) is 0 Å². The predicted molar refractivity (Wildman–Crippen MR) is 111 cm³/mol. The summed E-state index contributed by atoms with van der Waals surface area (Å²) in [5.74, 6) is -0.154. The summed E-state index contributed by atoms with van der Waals surface area (Å²) < 4.78 is 4.71. The molecule has 0 saturated carbocycles. The molecule has 0 fully saturated rings. The van der Waals surface area contributed by atoms with Crippen molar-refractivity contribution in [1.82, 2.24) is 0 Å². The number of fused-ring (bicyclic) bond motifs is 1. The minimum Gasteiger partial charge on any atom is -0.469 e. The molecule has 1 aliphatic rings. The van der Waals surface area contributed by atoms with Gasteiger partial charge in [0.25, 0.3) is 0 Å². The predicted octanol–water partition coefficient (Wildman–Crippen LogP) is 5.73. The minimum absolute atomic E-state index is 0.154. The average Bonchev–Trinajstić information content (AvgIpc) is 2.65. The molecule has 2 aromatic rings. The van der Waals surface area contributed by atoms with Crippen molar-refractivity contribution in [2.45, 2.75) is 70.6 Å². The molecule has 0 radical (unpaired) electrons. The van der Waals surface area contributed by atoms with Crippen LogP contribution < -0.4 is 0 Å². The van der Waals surface area contributed by atoms with Gasteiger partial charge in [-0.1, -0.05) is 70.2 Å². The Bertz CT molecular complexity index is 813. The Kier molecular flexibility index (Phi) is 5.46. The lowest BCUT2D eigenvalue weighted by Gasteiger charge is -2.42. The van der Waals surface area contributed by atoms with Gasteiger partial charge < -0.3 is 4.74 Å². The third kappa shape index (κ3) is 4.43. The van der Waals surface area contributed by atoms with Gasteiger partial charge in [-0.2, -0.15) is 0 Å². The van der Waals surface area contributed by atoms with E-state index in [-0.39, 0.29) is 16.8 Å². The second-order valence-corrected chi connectivity index (χ2v) is 9.22. The highest BCUT2D eigenvalue weighted by atomic mass is 16.5. The lowest BCUT2D eigenvalue weighted by Crippen LogP contribution is -2.33. The second kappa shape index (κ2) is 7.50. The molecular weight excluding hydrogens is 332 g/mol. The minimum atomic E-state index is -0.154. The standard InChI is InChI=1S/C25H32O2/c1-24(2)14-15-25(3,4)22-17-20(10-12-21(22)24)16-19-8-6-18(7-9-19)11-13-23(26)27-5/h6-10,12,17H,11,13-16H2,1-5H3. The number of benzene rings is 2. The van der Waals surface area contributed by atoms with Gasteiger partial charge in [-0.3, -0.25) is 4.79 Å². The van der Waals surface area contributed by atoms with Gasteiger partial charge in [0.1, 0.15) is 0 Å². The van der Waals surface area contributed by atoms with Crippen LogP contribution >= 0.6 is 0 Å². The first-order valence-electron chi connectivity index (χ1n) is 10.00. The molecule has 1 aliphatic carbocycles. The molecule has 0 amide bonds. The first-order valence-corrected chi connectivity index (χ1v) is 10.00. The molecule has 0 saturated heterocycles. The van der Waals surface area contributed by atoms with Crippen molar-refractivity contribution in [3.8, 4) is 0 Å². The lowest BCUT2D eigenvalue weighted by molar-refractivity contribution is -0.140. The molecule has 0 atom stereocenters. The summed E-state index contributed by atoms with van der Waals surface area (Å²) in [6.07, 6.45) is 4.60. The second-order valence-electron chi connectivity index (χ2n) is 9.22. The number of esters is 1. The van der Waals surface area contributed by atoms with Crippen molar-refractivity contribution in [2.75, 3.05) is 7.11 Å². The molecule has 0 spiro atoms. The monoisotopic (exact) mass is 364 g/mol. The van der Waals surface area contributed by atoms with E-state index in [4.69, 9.17) is 4.74 Å². The zero-order chi connectivity index (χ0) is 19.7. The van der Waals surface area contributed by atoms with Crippen LogP contribution in [0.1, 0.15) is 74.8 Å². The smallest absolute Gasteiger partial charge is 0.305 e. The van der Waals surface area contributed by atoms with E-state index in [2.05, 4.69) is 70.2 Å². The molecule has 0 N–H and O–H groups in total. The Balaban J connectivity index is 1.76. The number of rotatable bonds is 5. The number of hydrogen-bond donors (Lipinski definition) is 0. The molecule has 2 aromatic carbocycles. The van der Waals surface area contributed by atoms with Crippen molar-refractivity contribution in [3.05, 3.63) is 70.3 Å². The fourth-order valence-electron chi connectivity index (χ4n) is 4.15. The molecule has 0 bridgehead atoms. The molecule has 0 unspecified atom stereocenters. The molecule has 144 valence electrons. The molecule has 2 nitrogen and oxygen atoms in total. The Labute approximate surface area is 164 Å². The van der Waals surface area contributed by atoms with Crippen LogP contribution in [0.15, 0.2) is 42.5 Å². The highest BCUT2D eigenvalue weighted by Gasteiger charge is 2.36. The van der Waals surface area contributed by atoms with Gasteiger partial charge in [-0.05, 0) is 64.3 Å². The van der Waals surface area contributed by atoms with Gasteiger partial charge in [0.15, 0.2) is 0 Å². The maximum atomic E-state index is 11.3. The number of hydrogen-bond acceptors (Lipinski definition) is 2. The van der Waals surface area contributed by atoms with E-state index >= 15 is 0 Å².